The molecule has 0 aliphatic carbocycles. The van der Waals surface area contributed by atoms with Gasteiger partial charge in [-0.05, 0) is 72.3 Å². The lowest BCUT2D eigenvalue weighted by Crippen LogP contribution is -2.09. The topological polar surface area (TPSA) is 58.9 Å². The third kappa shape index (κ3) is 4.63. The van der Waals surface area contributed by atoms with Gasteiger partial charge in [-0.15, -0.1) is 0 Å². The monoisotopic (exact) mass is 385 g/mol. The summed E-state index contributed by atoms with van der Waals surface area (Å²) in [6.45, 7) is 0. The molecule has 6 heteroatoms. The molecule has 4 nitrogen and oxygen atoms in total. The Morgan fingerprint density at radius 1 is 0.962 bits per heavy atom. The molecule has 0 heterocycles. The molecule has 0 saturated heterocycles. The Morgan fingerprint density at radius 3 is 2.31 bits per heavy atom. The molecule has 3 aromatic carbocycles. The van der Waals surface area contributed by atoms with E-state index in [9.17, 15) is 9.90 Å². The van der Waals surface area contributed by atoms with E-state index in [2.05, 4.69) is 4.99 Å². The second-order valence-electron chi connectivity index (χ2n) is 5.36. The van der Waals surface area contributed by atoms with Gasteiger partial charge in [-0.1, -0.05) is 23.2 Å². The summed E-state index contributed by atoms with van der Waals surface area (Å²) in [7, 11) is 0. The minimum Gasteiger partial charge on any atom is -0.508 e. The van der Waals surface area contributed by atoms with Crippen LogP contribution in [0.25, 0.3) is 0 Å². The normalized spacial score (nSPS) is 10.8. The average molecular weight is 386 g/mol. The highest BCUT2D eigenvalue weighted by Crippen LogP contribution is 2.23. The molecule has 1 N–H and O–H groups in total. The van der Waals surface area contributed by atoms with Gasteiger partial charge in [0.05, 0.1) is 16.3 Å². The maximum absolute atomic E-state index is 12.2. The van der Waals surface area contributed by atoms with Crippen LogP contribution >= 0.6 is 23.2 Å². The van der Waals surface area contributed by atoms with E-state index >= 15 is 0 Å². The van der Waals surface area contributed by atoms with Gasteiger partial charge in [0.15, 0.2) is 0 Å². The van der Waals surface area contributed by atoms with Crippen molar-refractivity contribution in [2.24, 2.45) is 4.99 Å². The number of halogens is 2. The highest BCUT2D eigenvalue weighted by Gasteiger charge is 2.13. The first-order valence-corrected chi connectivity index (χ1v) is 8.37. The Kier molecular flexibility index (Phi) is 5.56. The Labute approximate surface area is 160 Å². The third-order valence-electron chi connectivity index (χ3n) is 3.45. The fourth-order valence-corrected chi connectivity index (χ4v) is 2.61. The van der Waals surface area contributed by atoms with Crippen LogP contribution in [0.5, 0.6) is 11.5 Å². The largest absolute Gasteiger partial charge is 0.508 e. The second kappa shape index (κ2) is 8.04. The van der Waals surface area contributed by atoms with Crippen LogP contribution in [0.3, 0.4) is 0 Å². The van der Waals surface area contributed by atoms with Gasteiger partial charge < -0.3 is 9.84 Å². The van der Waals surface area contributed by atoms with Gasteiger partial charge in [-0.3, -0.25) is 4.99 Å². The number of hydrogen-bond donors (Lipinski definition) is 1. The van der Waals surface area contributed by atoms with E-state index in [0.29, 0.717) is 10.8 Å². The summed E-state index contributed by atoms with van der Waals surface area (Å²) in [5, 5.41) is 9.93. The molecule has 0 atom stereocenters. The molecule has 0 saturated carbocycles. The number of phenols is 1. The van der Waals surface area contributed by atoms with Gasteiger partial charge in [0.2, 0.25) is 0 Å². The van der Waals surface area contributed by atoms with Crippen molar-refractivity contribution in [1.29, 1.82) is 0 Å². The van der Waals surface area contributed by atoms with Gasteiger partial charge in [0, 0.05) is 11.2 Å². The van der Waals surface area contributed by atoms with E-state index in [1.807, 2.05) is 0 Å². The number of carbonyl (C=O) groups is 1. The molecule has 0 aromatic heterocycles. The van der Waals surface area contributed by atoms with E-state index in [4.69, 9.17) is 27.9 Å². The minimum absolute atomic E-state index is 0.191. The summed E-state index contributed by atoms with van der Waals surface area (Å²) in [4.78, 5) is 16.5. The fraction of sp³-hybridized carbons (Fsp3) is 0. The van der Waals surface area contributed by atoms with Crippen molar-refractivity contribution in [2.75, 3.05) is 0 Å². The smallest absolute Gasteiger partial charge is 0.345 e. The molecule has 0 aliphatic rings. The SMILES string of the molecule is O=C(Oc1ccc(C=Nc2ccc(O)cc2)cc1)c1ccc(Cl)cc1Cl. The van der Waals surface area contributed by atoms with Crippen molar-refractivity contribution in [3.63, 3.8) is 0 Å². The van der Waals surface area contributed by atoms with Crippen molar-refractivity contribution >= 4 is 41.1 Å². The molecule has 26 heavy (non-hydrogen) atoms. The Hall–Kier alpha value is -2.82. The number of aliphatic imine (C=N–C) groups is 1. The van der Waals surface area contributed by atoms with Crippen LogP contribution in [0.2, 0.25) is 10.0 Å². The molecule has 0 spiro atoms. The maximum atomic E-state index is 12.2. The summed E-state index contributed by atoms with van der Waals surface area (Å²) >= 11 is 11.8. The Morgan fingerprint density at radius 2 is 1.65 bits per heavy atom. The fourth-order valence-electron chi connectivity index (χ4n) is 2.13. The van der Waals surface area contributed by atoms with Crippen molar-refractivity contribution in [3.8, 4) is 11.5 Å². The quantitative estimate of drug-likeness (QED) is 0.357. The predicted octanol–water partition coefficient (Wildman–Crippen LogP) is 5.67. The van der Waals surface area contributed by atoms with E-state index in [-0.39, 0.29) is 16.3 Å². The highest BCUT2D eigenvalue weighted by molar-refractivity contribution is 6.36. The zero-order valence-electron chi connectivity index (χ0n) is 13.4. The Balaban J connectivity index is 1.67. The lowest BCUT2D eigenvalue weighted by Gasteiger charge is -2.06. The molecule has 0 aliphatic heterocycles. The highest BCUT2D eigenvalue weighted by atomic mass is 35.5. The standard InChI is InChI=1S/C20H13Cl2NO3/c21-14-3-10-18(19(22)11-14)20(25)26-17-8-1-13(2-9-17)12-23-15-4-6-16(24)7-5-15/h1-12,24H. The molecular weight excluding hydrogens is 373 g/mol. The lowest BCUT2D eigenvalue weighted by atomic mass is 10.2. The van der Waals surface area contributed by atoms with E-state index in [1.54, 1.807) is 60.8 Å². The van der Waals surface area contributed by atoms with Crippen molar-refractivity contribution in [1.82, 2.24) is 0 Å². The first kappa shape index (κ1) is 18.0. The number of hydrogen-bond acceptors (Lipinski definition) is 4. The molecule has 3 rings (SSSR count). The number of nitrogens with zero attached hydrogens (tertiary/aromatic N) is 1. The molecule has 3 aromatic rings. The van der Waals surface area contributed by atoms with Crippen LogP contribution in [0, 0.1) is 0 Å². The molecule has 130 valence electrons. The zero-order chi connectivity index (χ0) is 18.5. The summed E-state index contributed by atoms with van der Waals surface area (Å²) in [5.41, 5.74) is 1.80. The van der Waals surface area contributed by atoms with Crippen LogP contribution in [0.1, 0.15) is 15.9 Å². The summed E-state index contributed by atoms with van der Waals surface area (Å²) in [6.07, 6.45) is 1.67. The Bertz CT molecular complexity index is 952. The molecule has 0 fully saturated rings. The molecule has 0 bridgehead atoms. The van der Waals surface area contributed by atoms with Crippen LogP contribution < -0.4 is 4.74 Å². The van der Waals surface area contributed by atoms with Gasteiger partial charge in [-0.25, -0.2) is 4.79 Å². The maximum Gasteiger partial charge on any atom is 0.345 e. The third-order valence-corrected chi connectivity index (χ3v) is 4.00. The molecular formula is C20H13Cl2NO3. The van der Waals surface area contributed by atoms with Crippen molar-refractivity contribution in [3.05, 3.63) is 87.9 Å². The molecule has 0 unspecified atom stereocenters. The lowest BCUT2D eigenvalue weighted by molar-refractivity contribution is 0.0735. The molecule has 0 radical (unpaired) electrons. The number of esters is 1. The second-order valence-corrected chi connectivity index (χ2v) is 6.20. The number of phenolic OH excluding ortho intramolecular Hbond substituents is 1. The van der Waals surface area contributed by atoms with E-state index < -0.39 is 5.97 Å². The number of aromatic hydroxyl groups is 1. The van der Waals surface area contributed by atoms with Crippen LogP contribution in [-0.4, -0.2) is 17.3 Å². The van der Waals surface area contributed by atoms with Crippen LogP contribution in [0.4, 0.5) is 5.69 Å². The van der Waals surface area contributed by atoms with Crippen LogP contribution in [-0.2, 0) is 0 Å². The van der Waals surface area contributed by atoms with Gasteiger partial charge >= 0.3 is 5.97 Å². The summed E-state index contributed by atoms with van der Waals surface area (Å²) in [6, 6.07) is 18.0. The zero-order valence-corrected chi connectivity index (χ0v) is 14.9. The number of rotatable bonds is 4. The van der Waals surface area contributed by atoms with E-state index in [0.717, 1.165) is 11.3 Å². The van der Waals surface area contributed by atoms with Crippen molar-refractivity contribution in [2.45, 2.75) is 0 Å². The minimum atomic E-state index is -0.558. The summed E-state index contributed by atoms with van der Waals surface area (Å²) < 4.78 is 5.31. The van der Waals surface area contributed by atoms with Gasteiger partial charge in [-0.2, -0.15) is 0 Å². The number of carbonyl (C=O) groups excluding carboxylic acids is 1. The molecule has 0 amide bonds. The number of benzene rings is 3. The first-order valence-electron chi connectivity index (χ1n) is 7.62. The number of ether oxygens (including phenoxy) is 1. The van der Waals surface area contributed by atoms with Crippen molar-refractivity contribution < 1.29 is 14.6 Å². The van der Waals surface area contributed by atoms with Crippen LogP contribution in [0.15, 0.2) is 71.7 Å². The van der Waals surface area contributed by atoms with Gasteiger partial charge in [0.1, 0.15) is 11.5 Å². The predicted molar refractivity (Wildman–Crippen MR) is 103 cm³/mol. The first-order chi connectivity index (χ1) is 12.5. The van der Waals surface area contributed by atoms with Gasteiger partial charge in [0.25, 0.3) is 0 Å². The average Bonchev–Trinajstić information content (AvgIpc) is 2.62. The summed E-state index contributed by atoms with van der Waals surface area (Å²) in [5.74, 6) is 0.0240. The van der Waals surface area contributed by atoms with E-state index in [1.165, 1.54) is 12.1 Å².